The van der Waals surface area contributed by atoms with E-state index in [9.17, 15) is 14.9 Å². The number of rotatable bonds is 8. The smallest absolute Gasteiger partial charge is 0.330 e. The fraction of sp³-hybridized carbons (Fsp3) is 0.346. The van der Waals surface area contributed by atoms with Crippen molar-refractivity contribution < 1.29 is 23.8 Å². The minimum absolute atomic E-state index is 0.165. The number of carbonyl (C=O) groups is 2. The molecule has 2 aromatic rings. The van der Waals surface area contributed by atoms with E-state index >= 15 is 0 Å². The summed E-state index contributed by atoms with van der Waals surface area (Å²) in [7, 11) is 0. The standard InChI is InChI=1S/C26H27NO5/c1-17(2)30-23(28)14-13-21-24(26(21,3)4)25(29)32-22(16-27)18-9-8-12-20(15-18)31-19-10-6-5-7-11-19/h5-15,17,21-22,24H,1-4H3/t21-,22+,24-/m0/s1. The van der Waals surface area contributed by atoms with Crippen LogP contribution in [0, 0.1) is 28.6 Å². The molecule has 0 aromatic heterocycles. The number of benzene rings is 2. The van der Waals surface area contributed by atoms with Gasteiger partial charge in [0.2, 0.25) is 6.10 Å². The molecule has 2 aromatic carbocycles. The number of esters is 2. The lowest BCUT2D eigenvalue weighted by Crippen LogP contribution is -2.14. The van der Waals surface area contributed by atoms with Crippen molar-refractivity contribution in [2.45, 2.75) is 39.9 Å². The monoisotopic (exact) mass is 433 g/mol. The van der Waals surface area contributed by atoms with E-state index in [4.69, 9.17) is 14.2 Å². The van der Waals surface area contributed by atoms with Crippen LogP contribution in [0.25, 0.3) is 0 Å². The number of para-hydroxylation sites is 1. The summed E-state index contributed by atoms with van der Waals surface area (Å²) < 4.78 is 16.4. The van der Waals surface area contributed by atoms with Crippen molar-refractivity contribution in [2.75, 3.05) is 0 Å². The van der Waals surface area contributed by atoms with Crippen LogP contribution in [-0.2, 0) is 19.1 Å². The molecule has 166 valence electrons. The highest BCUT2D eigenvalue weighted by Crippen LogP contribution is 2.59. The first-order chi connectivity index (χ1) is 15.2. The molecule has 0 bridgehead atoms. The third-order valence-electron chi connectivity index (χ3n) is 5.45. The summed E-state index contributed by atoms with van der Waals surface area (Å²) in [5.41, 5.74) is 0.157. The van der Waals surface area contributed by atoms with Crippen molar-refractivity contribution in [3.8, 4) is 17.6 Å². The van der Waals surface area contributed by atoms with Crippen molar-refractivity contribution in [1.82, 2.24) is 0 Å². The van der Waals surface area contributed by atoms with E-state index in [0.29, 0.717) is 17.1 Å². The largest absolute Gasteiger partial charge is 0.460 e. The van der Waals surface area contributed by atoms with Crippen molar-refractivity contribution in [3.05, 3.63) is 72.3 Å². The molecule has 3 rings (SSSR count). The topological polar surface area (TPSA) is 85.6 Å². The first-order valence-electron chi connectivity index (χ1n) is 10.5. The van der Waals surface area contributed by atoms with E-state index in [-0.39, 0.29) is 17.4 Å². The molecule has 32 heavy (non-hydrogen) atoms. The van der Waals surface area contributed by atoms with Gasteiger partial charge >= 0.3 is 11.9 Å². The molecule has 1 aliphatic carbocycles. The van der Waals surface area contributed by atoms with Gasteiger partial charge in [-0.2, -0.15) is 5.26 Å². The molecule has 3 atom stereocenters. The fourth-order valence-corrected chi connectivity index (χ4v) is 3.66. The zero-order valence-electron chi connectivity index (χ0n) is 18.6. The normalized spacial score (nSPS) is 19.8. The summed E-state index contributed by atoms with van der Waals surface area (Å²) in [6.45, 7) is 7.40. The van der Waals surface area contributed by atoms with Crippen LogP contribution in [0.3, 0.4) is 0 Å². The van der Waals surface area contributed by atoms with Gasteiger partial charge in [0.1, 0.15) is 17.6 Å². The second-order valence-electron chi connectivity index (χ2n) is 8.60. The molecule has 1 fully saturated rings. The molecule has 0 aliphatic heterocycles. The Hall–Kier alpha value is -3.59. The summed E-state index contributed by atoms with van der Waals surface area (Å²) in [6, 6.07) is 18.2. The molecule has 6 heteroatoms. The number of nitrogens with zero attached hydrogens (tertiary/aromatic N) is 1. The molecule has 0 N–H and O–H groups in total. The van der Waals surface area contributed by atoms with Gasteiger partial charge < -0.3 is 14.2 Å². The van der Waals surface area contributed by atoms with Gasteiger partial charge in [-0.3, -0.25) is 4.79 Å². The quantitative estimate of drug-likeness (QED) is 0.411. The third-order valence-corrected chi connectivity index (χ3v) is 5.45. The Kier molecular flexibility index (Phi) is 6.99. The number of ether oxygens (including phenoxy) is 3. The molecular formula is C26H27NO5. The summed E-state index contributed by atoms with van der Waals surface area (Å²) in [5, 5.41) is 9.62. The van der Waals surface area contributed by atoms with Crippen molar-refractivity contribution in [1.29, 1.82) is 5.26 Å². The van der Waals surface area contributed by atoms with Gasteiger partial charge in [0.25, 0.3) is 0 Å². The number of nitriles is 1. The van der Waals surface area contributed by atoms with Crippen LogP contribution in [0.1, 0.15) is 39.4 Å². The minimum Gasteiger partial charge on any atom is -0.460 e. The van der Waals surface area contributed by atoms with E-state index in [2.05, 4.69) is 0 Å². The van der Waals surface area contributed by atoms with Gasteiger partial charge in [0.05, 0.1) is 12.0 Å². The average Bonchev–Trinajstić information content (AvgIpc) is 3.31. The molecule has 0 saturated heterocycles. The molecule has 0 amide bonds. The number of carbonyl (C=O) groups excluding carboxylic acids is 2. The molecule has 0 spiro atoms. The Morgan fingerprint density at radius 2 is 1.72 bits per heavy atom. The fourth-order valence-electron chi connectivity index (χ4n) is 3.66. The maximum Gasteiger partial charge on any atom is 0.330 e. The van der Waals surface area contributed by atoms with E-state index in [1.807, 2.05) is 50.2 Å². The molecule has 0 unspecified atom stereocenters. The Balaban J connectivity index is 1.66. The lowest BCUT2D eigenvalue weighted by atomic mass is 10.1. The van der Waals surface area contributed by atoms with Crippen LogP contribution in [0.2, 0.25) is 0 Å². The highest BCUT2D eigenvalue weighted by atomic mass is 16.5. The maximum atomic E-state index is 12.8. The molecule has 6 nitrogen and oxygen atoms in total. The number of hydrogen-bond donors (Lipinski definition) is 0. The summed E-state index contributed by atoms with van der Waals surface area (Å²) in [5.74, 6) is -0.309. The minimum atomic E-state index is -1.06. The van der Waals surface area contributed by atoms with Crippen molar-refractivity contribution >= 4 is 11.9 Å². The lowest BCUT2D eigenvalue weighted by Gasteiger charge is -2.13. The molecular weight excluding hydrogens is 406 g/mol. The zero-order valence-corrected chi connectivity index (χ0v) is 18.6. The van der Waals surface area contributed by atoms with E-state index in [1.54, 1.807) is 44.2 Å². The van der Waals surface area contributed by atoms with Gasteiger partial charge in [-0.1, -0.05) is 50.3 Å². The van der Waals surface area contributed by atoms with Gasteiger partial charge in [0.15, 0.2) is 0 Å². The Morgan fingerprint density at radius 3 is 2.38 bits per heavy atom. The predicted octanol–water partition coefficient (Wildman–Crippen LogP) is 5.37. The van der Waals surface area contributed by atoms with E-state index < -0.39 is 24.0 Å². The average molecular weight is 434 g/mol. The van der Waals surface area contributed by atoms with Crippen LogP contribution >= 0.6 is 0 Å². The molecule has 0 heterocycles. The summed E-state index contributed by atoms with van der Waals surface area (Å²) in [6.07, 6.45) is 1.77. The zero-order chi connectivity index (χ0) is 23.3. The van der Waals surface area contributed by atoms with Crippen molar-refractivity contribution in [3.63, 3.8) is 0 Å². The molecule has 1 saturated carbocycles. The lowest BCUT2D eigenvalue weighted by molar-refractivity contribution is -0.149. The van der Waals surface area contributed by atoms with Gasteiger partial charge in [0, 0.05) is 11.6 Å². The maximum absolute atomic E-state index is 12.8. The van der Waals surface area contributed by atoms with E-state index in [1.165, 1.54) is 6.08 Å². The Labute approximate surface area is 188 Å². The van der Waals surface area contributed by atoms with Gasteiger partial charge in [-0.05, 0) is 49.4 Å². The van der Waals surface area contributed by atoms with Crippen LogP contribution in [0.15, 0.2) is 66.7 Å². The number of hydrogen-bond acceptors (Lipinski definition) is 6. The molecule has 0 radical (unpaired) electrons. The highest BCUT2D eigenvalue weighted by Gasteiger charge is 2.61. The van der Waals surface area contributed by atoms with Crippen LogP contribution in [0.5, 0.6) is 11.5 Å². The number of allylic oxidation sites excluding steroid dienone is 1. The second-order valence-corrected chi connectivity index (χ2v) is 8.60. The summed E-state index contributed by atoms with van der Waals surface area (Å²) >= 11 is 0. The SMILES string of the molecule is CC(C)OC(=O)C=C[C@H]1[C@@H](C(=O)O[C@H](C#N)c2cccc(Oc3ccccc3)c2)C1(C)C. The van der Waals surface area contributed by atoms with Gasteiger partial charge in [-0.15, -0.1) is 0 Å². The van der Waals surface area contributed by atoms with E-state index in [0.717, 1.165) is 0 Å². The third kappa shape index (κ3) is 5.55. The predicted molar refractivity (Wildman–Crippen MR) is 119 cm³/mol. The van der Waals surface area contributed by atoms with Gasteiger partial charge in [-0.25, -0.2) is 4.79 Å². The first kappa shape index (κ1) is 23.1. The Bertz CT molecular complexity index is 1040. The summed E-state index contributed by atoms with van der Waals surface area (Å²) in [4.78, 5) is 24.6. The Morgan fingerprint density at radius 1 is 1.03 bits per heavy atom. The molecule has 1 aliphatic rings. The van der Waals surface area contributed by atoms with Crippen LogP contribution in [-0.4, -0.2) is 18.0 Å². The van der Waals surface area contributed by atoms with Crippen molar-refractivity contribution in [2.24, 2.45) is 17.3 Å². The second kappa shape index (κ2) is 9.69. The first-order valence-corrected chi connectivity index (χ1v) is 10.5. The van der Waals surface area contributed by atoms with Crippen LogP contribution < -0.4 is 4.74 Å². The highest BCUT2D eigenvalue weighted by molar-refractivity contribution is 5.83. The van der Waals surface area contributed by atoms with Crippen LogP contribution in [0.4, 0.5) is 0 Å².